The molecule has 1 aliphatic rings. The highest BCUT2D eigenvalue weighted by Gasteiger charge is 2.20. The van der Waals surface area contributed by atoms with Crippen LogP contribution in [0, 0.1) is 11.3 Å². The van der Waals surface area contributed by atoms with Crippen LogP contribution in [-0.4, -0.2) is 19.3 Å². The van der Waals surface area contributed by atoms with E-state index in [0.717, 1.165) is 24.9 Å². The van der Waals surface area contributed by atoms with Crippen LogP contribution in [0.3, 0.4) is 0 Å². The topological polar surface area (TPSA) is 45.0 Å². The maximum absolute atomic E-state index is 8.85. The SMILES string of the molecule is COC1CCC(NCc2cccc(C#N)c2)CC1. The summed E-state index contributed by atoms with van der Waals surface area (Å²) in [4.78, 5) is 0. The maximum Gasteiger partial charge on any atom is 0.0991 e. The number of hydrogen-bond donors (Lipinski definition) is 1. The molecule has 0 unspecified atom stereocenters. The number of methoxy groups -OCH3 is 1. The molecule has 0 aliphatic heterocycles. The lowest BCUT2D eigenvalue weighted by atomic mass is 9.93. The maximum atomic E-state index is 8.85. The monoisotopic (exact) mass is 244 g/mol. The van der Waals surface area contributed by atoms with Crippen LogP contribution >= 0.6 is 0 Å². The molecule has 0 amide bonds. The standard InChI is InChI=1S/C15H20N2O/c1-18-15-7-5-14(6-8-15)17-11-13-4-2-3-12(9-13)10-16/h2-4,9,14-15,17H,5-8,11H2,1H3. The van der Waals surface area contributed by atoms with E-state index < -0.39 is 0 Å². The Kier molecular flexibility index (Phi) is 4.74. The van der Waals surface area contributed by atoms with E-state index in [4.69, 9.17) is 10.00 Å². The van der Waals surface area contributed by atoms with Crippen LogP contribution in [0.25, 0.3) is 0 Å². The van der Waals surface area contributed by atoms with Gasteiger partial charge in [-0.3, -0.25) is 0 Å². The molecule has 0 atom stereocenters. The van der Waals surface area contributed by atoms with E-state index >= 15 is 0 Å². The Morgan fingerprint density at radius 3 is 2.78 bits per heavy atom. The Hall–Kier alpha value is -1.37. The summed E-state index contributed by atoms with van der Waals surface area (Å²) in [5.74, 6) is 0. The Labute approximate surface area is 109 Å². The Morgan fingerprint density at radius 1 is 1.33 bits per heavy atom. The van der Waals surface area contributed by atoms with Crippen molar-refractivity contribution in [2.75, 3.05) is 7.11 Å². The molecule has 3 heteroatoms. The normalized spacial score (nSPS) is 23.6. The van der Waals surface area contributed by atoms with Crippen molar-refractivity contribution in [2.24, 2.45) is 0 Å². The quantitative estimate of drug-likeness (QED) is 0.885. The number of nitrogens with zero attached hydrogens (tertiary/aromatic N) is 1. The minimum Gasteiger partial charge on any atom is -0.381 e. The van der Waals surface area contributed by atoms with Gasteiger partial charge in [-0.25, -0.2) is 0 Å². The van der Waals surface area contributed by atoms with Gasteiger partial charge in [0.25, 0.3) is 0 Å². The van der Waals surface area contributed by atoms with E-state index in [-0.39, 0.29) is 0 Å². The van der Waals surface area contributed by atoms with Gasteiger partial charge in [-0.05, 0) is 43.4 Å². The molecule has 1 N–H and O–H groups in total. The van der Waals surface area contributed by atoms with Gasteiger partial charge in [0.1, 0.15) is 0 Å². The highest BCUT2D eigenvalue weighted by molar-refractivity contribution is 5.32. The number of nitriles is 1. The zero-order valence-electron chi connectivity index (χ0n) is 10.9. The lowest BCUT2D eigenvalue weighted by Gasteiger charge is -2.28. The molecule has 0 radical (unpaired) electrons. The second kappa shape index (κ2) is 6.53. The number of hydrogen-bond acceptors (Lipinski definition) is 3. The zero-order valence-corrected chi connectivity index (χ0v) is 10.9. The highest BCUT2D eigenvalue weighted by atomic mass is 16.5. The van der Waals surface area contributed by atoms with E-state index in [2.05, 4.69) is 17.5 Å². The molecule has 0 heterocycles. The molecular formula is C15H20N2O. The van der Waals surface area contributed by atoms with E-state index in [0.29, 0.717) is 12.1 Å². The van der Waals surface area contributed by atoms with Crippen LogP contribution in [0.2, 0.25) is 0 Å². The Bertz CT molecular complexity index is 417. The van der Waals surface area contributed by atoms with E-state index in [1.165, 1.54) is 18.4 Å². The fourth-order valence-corrected chi connectivity index (χ4v) is 2.52. The van der Waals surface area contributed by atoms with E-state index in [9.17, 15) is 0 Å². The first kappa shape index (κ1) is 13.1. The van der Waals surface area contributed by atoms with Gasteiger partial charge in [0.05, 0.1) is 17.7 Å². The summed E-state index contributed by atoms with van der Waals surface area (Å²) in [5.41, 5.74) is 1.92. The van der Waals surface area contributed by atoms with Crippen molar-refractivity contribution in [3.8, 4) is 6.07 Å². The molecule has 0 aromatic heterocycles. The zero-order chi connectivity index (χ0) is 12.8. The minimum absolute atomic E-state index is 0.449. The van der Waals surface area contributed by atoms with E-state index in [1.54, 1.807) is 7.11 Å². The van der Waals surface area contributed by atoms with Gasteiger partial charge in [-0.1, -0.05) is 12.1 Å². The summed E-state index contributed by atoms with van der Waals surface area (Å²) in [6.07, 6.45) is 5.09. The van der Waals surface area contributed by atoms with Crippen LogP contribution in [0.4, 0.5) is 0 Å². The smallest absolute Gasteiger partial charge is 0.0991 e. The predicted molar refractivity (Wildman–Crippen MR) is 71.0 cm³/mol. The highest BCUT2D eigenvalue weighted by Crippen LogP contribution is 2.20. The number of benzene rings is 1. The van der Waals surface area contributed by atoms with Crippen molar-refractivity contribution in [3.63, 3.8) is 0 Å². The van der Waals surface area contributed by atoms with E-state index in [1.807, 2.05) is 18.2 Å². The van der Waals surface area contributed by atoms with Gasteiger partial charge in [-0.15, -0.1) is 0 Å². The molecule has 1 fully saturated rings. The second-order valence-corrected chi connectivity index (χ2v) is 4.90. The van der Waals surface area contributed by atoms with Crippen molar-refractivity contribution >= 4 is 0 Å². The third-order valence-corrected chi connectivity index (χ3v) is 3.66. The molecule has 96 valence electrons. The first-order valence-corrected chi connectivity index (χ1v) is 6.57. The molecule has 2 rings (SSSR count). The first-order chi connectivity index (χ1) is 8.81. The Morgan fingerprint density at radius 2 is 2.11 bits per heavy atom. The van der Waals surface area contributed by atoms with Crippen molar-refractivity contribution in [3.05, 3.63) is 35.4 Å². The summed E-state index contributed by atoms with van der Waals surface area (Å²) in [6, 6.07) is 10.6. The largest absolute Gasteiger partial charge is 0.381 e. The lowest BCUT2D eigenvalue weighted by molar-refractivity contribution is 0.0624. The lowest BCUT2D eigenvalue weighted by Crippen LogP contribution is -2.34. The fraction of sp³-hybridized carbons (Fsp3) is 0.533. The molecule has 3 nitrogen and oxygen atoms in total. The molecule has 1 aromatic rings. The van der Waals surface area contributed by atoms with Crippen molar-refractivity contribution < 1.29 is 4.74 Å². The molecule has 0 saturated heterocycles. The van der Waals surface area contributed by atoms with Gasteiger partial charge < -0.3 is 10.1 Å². The summed E-state index contributed by atoms with van der Waals surface area (Å²) in [6.45, 7) is 0.845. The average molecular weight is 244 g/mol. The molecular weight excluding hydrogens is 224 g/mol. The predicted octanol–water partition coefficient (Wildman–Crippen LogP) is 2.61. The Balaban J connectivity index is 1.80. The number of nitrogens with one attached hydrogen (secondary N) is 1. The summed E-state index contributed by atoms with van der Waals surface area (Å²) >= 11 is 0. The molecule has 0 spiro atoms. The fourth-order valence-electron chi connectivity index (χ4n) is 2.52. The minimum atomic E-state index is 0.449. The molecule has 1 saturated carbocycles. The number of rotatable bonds is 4. The summed E-state index contributed by atoms with van der Waals surface area (Å²) < 4.78 is 5.37. The van der Waals surface area contributed by atoms with Crippen molar-refractivity contribution in [1.29, 1.82) is 5.26 Å². The third kappa shape index (κ3) is 3.56. The van der Waals surface area contributed by atoms with Gasteiger partial charge >= 0.3 is 0 Å². The van der Waals surface area contributed by atoms with Gasteiger partial charge in [0.15, 0.2) is 0 Å². The van der Waals surface area contributed by atoms with Crippen molar-refractivity contribution in [1.82, 2.24) is 5.32 Å². The van der Waals surface area contributed by atoms with Crippen LogP contribution in [0.5, 0.6) is 0 Å². The van der Waals surface area contributed by atoms with Gasteiger partial charge in [0.2, 0.25) is 0 Å². The third-order valence-electron chi connectivity index (χ3n) is 3.66. The molecule has 1 aliphatic carbocycles. The van der Waals surface area contributed by atoms with Gasteiger partial charge in [-0.2, -0.15) is 5.26 Å². The van der Waals surface area contributed by atoms with Gasteiger partial charge in [0, 0.05) is 19.7 Å². The summed E-state index contributed by atoms with van der Waals surface area (Å²) in [7, 11) is 1.80. The average Bonchev–Trinajstić information content (AvgIpc) is 2.46. The van der Waals surface area contributed by atoms with Crippen LogP contribution in [-0.2, 0) is 11.3 Å². The number of ether oxygens (including phenoxy) is 1. The first-order valence-electron chi connectivity index (χ1n) is 6.57. The molecule has 0 bridgehead atoms. The molecule has 1 aromatic carbocycles. The molecule has 18 heavy (non-hydrogen) atoms. The summed E-state index contributed by atoms with van der Waals surface area (Å²) in [5, 5.41) is 12.4. The second-order valence-electron chi connectivity index (χ2n) is 4.90. The van der Waals surface area contributed by atoms with Crippen molar-refractivity contribution in [2.45, 2.75) is 44.4 Å². The van der Waals surface area contributed by atoms with Crippen LogP contribution < -0.4 is 5.32 Å². The van der Waals surface area contributed by atoms with Crippen LogP contribution in [0.1, 0.15) is 36.8 Å². The van der Waals surface area contributed by atoms with Crippen LogP contribution in [0.15, 0.2) is 24.3 Å².